The van der Waals surface area contributed by atoms with Gasteiger partial charge in [0.05, 0.1) is 11.7 Å². The number of aryl methyl sites for hydroxylation is 1. The molecule has 0 bridgehead atoms. The van der Waals surface area contributed by atoms with E-state index in [-0.39, 0.29) is 11.8 Å². The minimum atomic E-state index is -1.78. The van der Waals surface area contributed by atoms with E-state index in [1.807, 2.05) is 76.2 Å². The first kappa shape index (κ1) is 27.0. The first-order chi connectivity index (χ1) is 17.4. The first-order valence-electron chi connectivity index (χ1n) is 11.5. The number of nitrogens with one attached hydrogen (secondary N) is 1. The highest BCUT2D eigenvalue weighted by Crippen LogP contribution is 2.37. The molecular formula is C26H26Cl3N5O3. The van der Waals surface area contributed by atoms with Gasteiger partial charge in [-0.2, -0.15) is 10.1 Å². The lowest BCUT2D eigenvalue weighted by atomic mass is 10.1. The monoisotopic (exact) mass is 561 g/mol. The van der Waals surface area contributed by atoms with Crippen molar-refractivity contribution in [3.8, 4) is 22.9 Å². The van der Waals surface area contributed by atoms with Crippen LogP contribution in [0.15, 0.2) is 59.3 Å². The lowest BCUT2D eigenvalue weighted by molar-refractivity contribution is 0.0933. The fraction of sp³-hybridized carbons (Fsp3) is 0.308. The largest absolute Gasteiger partial charge is 0.453 e. The molecule has 2 aromatic heterocycles. The summed E-state index contributed by atoms with van der Waals surface area (Å²) in [5.74, 6) is 0.997. The van der Waals surface area contributed by atoms with Crippen LogP contribution in [0.3, 0.4) is 0 Å². The van der Waals surface area contributed by atoms with Crippen molar-refractivity contribution in [2.24, 2.45) is 0 Å². The van der Waals surface area contributed by atoms with Crippen molar-refractivity contribution in [2.75, 3.05) is 6.54 Å². The number of ether oxygens (including phenoxy) is 1. The Labute approximate surface area is 229 Å². The summed E-state index contributed by atoms with van der Waals surface area (Å²) in [4.78, 5) is 17.4. The third-order valence-electron chi connectivity index (χ3n) is 5.38. The molecule has 0 radical (unpaired) electrons. The molecule has 8 nitrogen and oxygen atoms in total. The molecule has 194 valence electrons. The Morgan fingerprint density at radius 2 is 1.84 bits per heavy atom. The summed E-state index contributed by atoms with van der Waals surface area (Å²) < 4.78 is 10.9. The van der Waals surface area contributed by atoms with E-state index in [0.29, 0.717) is 41.5 Å². The molecule has 0 fully saturated rings. The molecule has 0 aliphatic heterocycles. The number of benzene rings is 2. The van der Waals surface area contributed by atoms with E-state index >= 15 is 0 Å². The normalized spacial score (nSPS) is 12.0. The average molecular weight is 563 g/mol. The summed E-state index contributed by atoms with van der Waals surface area (Å²) in [6, 6.07) is 15.2. The van der Waals surface area contributed by atoms with Gasteiger partial charge in [-0.05, 0) is 57.4 Å². The zero-order chi connectivity index (χ0) is 26.8. The third-order valence-corrected chi connectivity index (χ3v) is 5.87. The number of rotatable bonds is 7. The van der Waals surface area contributed by atoms with E-state index in [9.17, 15) is 4.79 Å². The number of aromatic nitrogens is 4. The molecule has 1 amide bonds. The van der Waals surface area contributed by atoms with Crippen LogP contribution in [-0.4, -0.2) is 32.4 Å². The van der Waals surface area contributed by atoms with E-state index in [1.165, 1.54) is 0 Å². The molecule has 11 heteroatoms. The topological polar surface area (TPSA) is 95.1 Å². The van der Waals surface area contributed by atoms with Gasteiger partial charge in [0.1, 0.15) is 5.75 Å². The van der Waals surface area contributed by atoms with E-state index in [2.05, 4.69) is 20.6 Å². The maximum atomic E-state index is 13.3. The van der Waals surface area contributed by atoms with Crippen LogP contribution in [-0.2, 0) is 15.8 Å². The molecule has 4 aromatic rings. The first-order valence-corrected chi connectivity index (χ1v) is 12.7. The maximum Gasteiger partial charge on any atom is 0.279 e. The molecule has 37 heavy (non-hydrogen) atoms. The van der Waals surface area contributed by atoms with Crippen molar-refractivity contribution in [1.29, 1.82) is 0 Å². The predicted molar refractivity (Wildman–Crippen MR) is 143 cm³/mol. The van der Waals surface area contributed by atoms with E-state index < -0.39 is 9.33 Å². The van der Waals surface area contributed by atoms with Gasteiger partial charge in [-0.1, -0.05) is 76.4 Å². The van der Waals surface area contributed by atoms with Gasteiger partial charge in [0, 0.05) is 12.1 Å². The summed E-state index contributed by atoms with van der Waals surface area (Å²) in [7, 11) is 0. The summed E-state index contributed by atoms with van der Waals surface area (Å²) in [6.45, 7) is 8.34. The summed E-state index contributed by atoms with van der Waals surface area (Å²) >= 11 is 17.3. The van der Waals surface area contributed by atoms with Crippen molar-refractivity contribution in [3.05, 3.63) is 77.4 Å². The molecule has 0 unspecified atom stereocenters. The van der Waals surface area contributed by atoms with Gasteiger partial charge in [-0.15, -0.1) is 0 Å². The smallest absolute Gasteiger partial charge is 0.279 e. The Morgan fingerprint density at radius 3 is 2.46 bits per heavy atom. The molecule has 0 atom stereocenters. The van der Waals surface area contributed by atoms with Crippen molar-refractivity contribution < 1.29 is 14.1 Å². The number of hydrogen-bond donors (Lipinski definition) is 1. The maximum absolute atomic E-state index is 13.3. The number of nitrogens with zero attached hydrogens (tertiary/aromatic N) is 4. The number of amides is 1. The number of hydrogen-bond acceptors (Lipinski definition) is 6. The van der Waals surface area contributed by atoms with Gasteiger partial charge in [-0.3, -0.25) is 9.48 Å². The standard InChI is InChI=1S/C26H26Cl3N5O3/c1-16-6-5-7-19(14-16)36-20-15-31-34(25(2,3)4)21(20)23(35)30-13-12-17-8-10-18(11-9-17)22-32-24(37-33-22)26(27,28)29/h5-11,14-15H,12-13H2,1-4H3,(H,30,35). The molecule has 4 rings (SSSR count). The van der Waals surface area contributed by atoms with Gasteiger partial charge in [0.25, 0.3) is 15.6 Å². The van der Waals surface area contributed by atoms with Crippen LogP contribution < -0.4 is 10.1 Å². The zero-order valence-corrected chi connectivity index (χ0v) is 23.0. The minimum Gasteiger partial charge on any atom is -0.453 e. The fourth-order valence-electron chi connectivity index (χ4n) is 3.61. The zero-order valence-electron chi connectivity index (χ0n) is 20.8. The molecule has 0 saturated carbocycles. The van der Waals surface area contributed by atoms with Crippen LogP contribution in [0.4, 0.5) is 0 Å². The summed E-state index contributed by atoms with van der Waals surface area (Å²) in [5.41, 5.74) is 2.73. The van der Waals surface area contributed by atoms with Gasteiger partial charge < -0.3 is 14.6 Å². The quantitative estimate of drug-likeness (QED) is 0.255. The van der Waals surface area contributed by atoms with E-state index in [0.717, 1.165) is 11.1 Å². The van der Waals surface area contributed by atoms with Crippen molar-refractivity contribution >= 4 is 40.7 Å². The number of halogens is 3. The van der Waals surface area contributed by atoms with Crippen LogP contribution in [0.1, 0.15) is 48.3 Å². The van der Waals surface area contributed by atoms with Crippen LogP contribution in [0.2, 0.25) is 0 Å². The molecule has 2 aromatic carbocycles. The highest BCUT2D eigenvalue weighted by Gasteiger charge is 2.31. The van der Waals surface area contributed by atoms with Gasteiger partial charge >= 0.3 is 0 Å². The van der Waals surface area contributed by atoms with Crippen LogP contribution in [0.25, 0.3) is 11.4 Å². The van der Waals surface area contributed by atoms with E-state index in [1.54, 1.807) is 10.9 Å². The highest BCUT2D eigenvalue weighted by molar-refractivity contribution is 6.66. The Bertz CT molecular complexity index is 1390. The molecule has 0 spiro atoms. The average Bonchev–Trinajstić information content (AvgIpc) is 3.47. The lowest BCUT2D eigenvalue weighted by Crippen LogP contribution is -2.33. The number of carbonyl (C=O) groups is 1. The minimum absolute atomic E-state index is 0.0977. The second-order valence-electron chi connectivity index (χ2n) is 9.48. The van der Waals surface area contributed by atoms with Gasteiger partial charge in [-0.25, -0.2) is 0 Å². The third kappa shape index (κ3) is 6.63. The molecular weight excluding hydrogens is 537 g/mol. The second kappa shape index (κ2) is 10.7. The number of alkyl halides is 3. The van der Waals surface area contributed by atoms with Gasteiger partial charge in [0.15, 0.2) is 11.4 Å². The predicted octanol–water partition coefficient (Wildman–Crippen LogP) is 6.59. The Kier molecular flexibility index (Phi) is 7.83. The summed E-state index contributed by atoms with van der Waals surface area (Å²) in [6.07, 6.45) is 2.18. The van der Waals surface area contributed by atoms with Crippen LogP contribution in [0.5, 0.6) is 11.5 Å². The lowest BCUT2D eigenvalue weighted by Gasteiger charge is -2.22. The van der Waals surface area contributed by atoms with Crippen LogP contribution >= 0.6 is 34.8 Å². The van der Waals surface area contributed by atoms with Crippen molar-refractivity contribution in [1.82, 2.24) is 25.2 Å². The van der Waals surface area contributed by atoms with Crippen molar-refractivity contribution in [2.45, 2.75) is 43.4 Å². The van der Waals surface area contributed by atoms with Crippen molar-refractivity contribution in [3.63, 3.8) is 0 Å². The van der Waals surface area contributed by atoms with E-state index in [4.69, 9.17) is 44.1 Å². The second-order valence-corrected chi connectivity index (χ2v) is 11.8. The molecule has 1 N–H and O–H groups in total. The Morgan fingerprint density at radius 1 is 1.11 bits per heavy atom. The van der Waals surface area contributed by atoms with Gasteiger partial charge in [0.2, 0.25) is 5.82 Å². The molecule has 2 heterocycles. The Hall–Kier alpha value is -3.07. The molecule has 0 saturated heterocycles. The fourth-order valence-corrected chi connectivity index (χ4v) is 3.84. The van der Waals surface area contributed by atoms with Crippen LogP contribution in [0, 0.1) is 6.92 Å². The molecule has 0 aliphatic carbocycles. The Balaban J connectivity index is 1.43. The molecule has 0 aliphatic rings. The SMILES string of the molecule is Cc1cccc(Oc2cnn(C(C)(C)C)c2C(=O)NCCc2ccc(-c3noc(C(Cl)(Cl)Cl)n3)cc2)c1. The highest BCUT2D eigenvalue weighted by atomic mass is 35.6. The summed E-state index contributed by atoms with van der Waals surface area (Å²) in [5, 5.41) is 11.3. The number of carbonyl (C=O) groups excluding carboxylic acids is 1.